The minimum atomic E-state index is -3.24. The number of carboxylic acid groups (broad SMARTS) is 1. The van der Waals surface area contributed by atoms with Crippen LogP contribution in [-0.2, 0) is 16.6 Å². The Bertz CT molecular complexity index is 834. The Morgan fingerprint density at radius 3 is 2.76 bits per heavy atom. The van der Waals surface area contributed by atoms with Gasteiger partial charge < -0.3 is 10.1 Å². The number of rotatable bonds is 6. The summed E-state index contributed by atoms with van der Waals surface area (Å²) in [5.41, 5.74) is 0.766. The van der Waals surface area contributed by atoms with Crippen molar-refractivity contribution in [3.63, 3.8) is 0 Å². The molecular weight excluding hydrogens is 298 g/mol. The van der Waals surface area contributed by atoms with Crippen molar-refractivity contribution < 1.29 is 18.3 Å². The van der Waals surface area contributed by atoms with Gasteiger partial charge in [-0.1, -0.05) is 0 Å². The number of sulfonamides is 1. The van der Waals surface area contributed by atoms with Crippen molar-refractivity contribution in [1.29, 1.82) is 0 Å². The van der Waals surface area contributed by atoms with Crippen LogP contribution in [0.15, 0.2) is 23.0 Å². The molecule has 9 heteroatoms. The molecular formula is C12H15N3O5S. The molecule has 0 saturated heterocycles. The fraction of sp³-hybridized carbons (Fsp3) is 0.333. The number of benzene rings is 1. The first-order chi connectivity index (χ1) is 9.78. The molecule has 0 fully saturated rings. The first kappa shape index (κ1) is 15.3. The average molecular weight is 313 g/mol. The third-order valence-corrected chi connectivity index (χ3v) is 3.67. The highest BCUT2D eigenvalue weighted by Crippen LogP contribution is 2.13. The van der Waals surface area contributed by atoms with Gasteiger partial charge in [-0.3, -0.25) is 4.57 Å². The second-order valence-electron chi connectivity index (χ2n) is 4.64. The summed E-state index contributed by atoms with van der Waals surface area (Å²) >= 11 is 0. The van der Waals surface area contributed by atoms with Gasteiger partial charge in [-0.2, -0.15) is 0 Å². The molecule has 1 aromatic carbocycles. The number of aromatic carboxylic acids is 1. The van der Waals surface area contributed by atoms with Crippen molar-refractivity contribution in [2.24, 2.45) is 0 Å². The molecule has 8 nitrogen and oxygen atoms in total. The van der Waals surface area contributed by atoms with Crippen molar-refractivity contribution in [1.82, 2.24) is 14.3 Å². The van der Waals surface area contributed by atoms with Gasteiger partial charge in [0, 0.05) is 13.1 Å². The zero-order chi connectivity index (χ0) is 15.6. The maximum atomic E-state index is 11.8. The molecule has 0 saturated carbocycles. The predicted octanol–water partition coefficient (Wildman–Crippen LogP) is -0.0329. The normalized spacial score (nSPS) is 11.9. The number of nitrogens with zero attached hydrogens (tertiary/aromatic N) is 1. The number of aromatic amines is 1. The van der Waals surface area contributed by atoms with Gasteiger partial charge in [0.25, 0.3) is 0 Å². The van der Waals surface area contributed by atoms with E-state index < -0.39 is 16.0 Å². The lowest BCUT2D eigenvalue weighted by molar-refractivity contribution is 0.0697. The number of fused-ring (bicyclic) bond motifs is 1. The van der Waals surface area contributed by atoms with Crippen molar-refractivity contribution in [2.45, 2.75) is 13.0 Å². The van der Waals surface area contributed by atoms with Crippen LogP contribution in [0.25, 0.3) is 11.0 Å². The average Bonchev–Trinajstić information content (AvgIpc) is 2.68. The molecule has 1 heterocycles. The van der Waals surface area contributed by atoms with Crippen molar-refractivity contribution in [3.8, 4) is 0 Å². The molecule has 0 aliphatic carbocycles. The molecule has 0 radical (unpaired) electrons. The molecule has 3 N–H and O–H groups in total. The number of hydrogen-bond acceptors (Lipinski definition) is 4. The quantitative estimate of drug-likeness (QED) is 0.646. The Morgan fingerprint density at radius 1 is 1.43 bits per heavy atom. The van der Waals surface area contributed by atoms with E-state index in [-0.39, 0.29) is 17.8 Å². The fourth-order valence-electron chi connectivity index (χ4n) is 2.01. The predicted molar refractivity (Wildman–Crippen MR) is 77.0 cm³/mol. The number of carboxylic acids is 1. The maximum Gasteiger partial charge on any atom is 0.335 e. The number of nitrogens with one attached hydrogen (secondary N) is 2. The van der Waals surface area contributed by atoms with Crippen molar-refractivity contribution in [3.05, 3.63) is 34.2 Å². The van der Waals surface area contributed by atoms with Crippen LogP contribution in [0.2, 0.25) is 0 Å². The van der Waals surface area contributed by atoms with Crippen molar-refractivity contribution >= 4 is 27.0 Å². The minimum absolute atomic E-state index is 0.0923. The third kappa shape index (κ3) is 3.70. The molecule has 0 bridgehead atoms. The summed E-state index contributed by atoms with van der Waals surface area (Å²) in [5, 5.41) is 8.91. The van der Waals surface area contributed by atoms with Gasteiger partial charge in [-0.25, -0.2) is 22.7 Å². The molecule has 0 aliphatic heterocycles. The van der Waals surface area contributed by atoms with E-state index in [2.05, 4.69) is 9.71 Å². The Labute approximate surface area is 120 Å². The van der Waals surface area contributed by atoms with Gasteiger partial charge in [0.15, 0.2) is 0 Å². The van der Waals surface area contributed by atoms with E-state index in [4.69, 9.17) is 5.11 Å². The van der Waals surface area contributed by atoms with E-state index in [1.54, 1.807) is 6.07 Å². The molecule has 2 rings (SSSR count). The molecule has 0 spiro atoms. The van der Waals surface area contributed by atoms with Crippen LogP contribution in [0.4, 0.5) is 0 Å². The number of aryl methyl sites for hydroxylation is 1. The number of carbonyl (C=O) groups is 1. The topological polar surface area (TPSA) is 121 Å². The zero-order valence-electron chi connectivity index (χ0n) is 11.3. The summed E-state index contributed by atoms with van der Waals surface area (Å²) in [7, 11) is -3.24. The summed E-state index contributed by atoms with van der Waals surface area (Å²) in [6, 6.07) is 4.37. The highest BCUT2D eigenvalue weighted by atomic mass is 32.2. The summed E-state index contributed by atoms with van der Waals surface area (Å²) in [6.45, 7) is 0.554. The van der Waals surface area contributed by atoms with Gasteiger partial charge in [0.05, 0.1) is 22.9 Å². The number of imidazole rings is 1. The monoisotopic (exact) mass is 313 g/mol. The SMILES string of the molecule is CS(=O)(=O)NCCCn1c(=O)[nH]c2cc(C(=O)O)ccc21. The highest BCUT2D eigenvalue weighted by molar-refractivity contribution is 7.88. The maximum absolute atomic E-state index is 11.8. The van der Waals surface area contributed by atoms with E-state index in [1.165, 1.54) is 16.7 Å². The second kappa shape index (κ2) is 5.70. The molecule has 21 heavy (non-hydrogen) atoms. The molecule has 0 amide bonds. The van der Waals surface area contributed by atoms with Gasteiger partial charge in [0.1, 0.15) is 0 Å². The lowest BCUT2D eigenvalue weighted by Crippen LogP contribution is -2.25. The Kier molecular flexibility index (Phi) is 4.14. The van der Waals surface area contributed by atoms with Gasteiger partial charge in [-0.05, 0) is 24.6 Å². The molecule has 0 unspecified atom stereocenters. The van der Waals surface area contributed by atoms with Crippen LogP contribution >= 0.6 is 0 Å². The highest BCUT2D eigenvalue weighted by Gasteiger charge is 2.10. The van der Waals surface area contributed by atoms with Crippen LogP contribution in [0.5, 0.6) is 0 Å². The molecule has 0 atom stereocenters. The first-order valence-electron chi connectivity index (χ1n) is 6.18. The van der Waals surface area contributed by atoms with Crippen LogP contribution in [-0.4, -0.2) is 41.8 Å². The number of H-pyrrole nitrogens is 1. The fourth-order valence-corrected chi connectivity index (χ4v) is 2.53. The smallest absolute Gasteiger partial charge is 0.335 e. The Hall–Kier alpha value is -2.13. The number of aromatic nitrogens is 2. The molecule has 2 aromatic rings. The van der Waals surface area contributed by atoms with Crippen LogP contribution < -0.4 is 10.4 Å². The standard InChI is InChI=1S/C12H15N3O5S/c1-21(19,20)13-5-2-6-15-10-4-3-8(11(16)17)7-9(10)14-12(15)18/h3-4,7,13H,2,5-6H2,1H3,(H,14,18)(H,16,17). The second-order valence-corrected chi connectivity index (χ2v) is 6.47. The van der Waals surface area contributed by atoms with Crippen LogP contribution in [0.3, 0.4) is 0 Å². The van der Waals surface area contributed by atoms with E-state index in [0.717, 1.165) is 6.26 Å². The molecule has 1 aromatic heterocycles. The largest absolute Gasteiger partial charge is 0.478 e. The summed E-state index contributed by atoms with van der Waals surface area (Å²) < 4.78 is 25.7. The van der Waals surface area contributed by atoms with E-state index >= 15 is 0 Å². The molecule has 114 valence electrons. The summed E-state index contributed by atoms with van der Waals surface area (Å²) in [4.78, 5) is 25.3. The lowest BCUT2D eigenvalue weighted by atomic mass is 10.2. The zero-order valence-corrected chi connectivity index (χ0v) is 12.1. The molecule has 0 aliphatic rings. The lowest BCUT2D eigenvalue weighted by Gasteiger charge is -2.04. The van der Waals surface area contributed by atoms with Crippen LogP contribution in [0.1, 0.15) is 16.8 Å². The van der Waals surface area contributed by atoms with E-state index in [0.29, 0.717) is 24.0 Å². The van der Waals surface area contributed by atoms with E-state index in [1.807, 2.05) is 0 Å². The first-order valence-corrected chi connectivity index (χ1v) is 8.07. The Morgan fingerprint density at radius 2 is 2.14 bits per heavy atom. The van der Waals surface area contributed by atoms with Crippen LogP contribution in [0, 0.1) is 0 Å². The Balaban J connectivity index is 2.19. The van der Waals surface area contributed by atoms with Crippen molar-refractivity contribution in [2.75, 3.05) is 12.8 Å². The third-order valence-electron chi connectivity index (χ3n) is 2.94. The van der Waals surface area contributed by atoms with Gasteiger partial charge >= 0.3 is 11.7 Å². The minimum Gasteiger partial charge on any atom is -0.478 e. The summed E-state index contributed by atoms with van der Waals surface area (Å²) in [5.74, 6) is -1.07. The number of hydrogen-bond donors (Lipinski definition) is 3. The van der Waals surface area contributed by atoms with Gasteiger partial charge in [0.2, 0.25) is 10.0 Å². The summed E-state index contributed by atoms with van der Waals surface area (Å²) in [6.07, 6.45) is 1.51. The van der Waals surface area contributed by atoms with E-state index in [9.17, 15) is 18.0 Å². The van der Waals surface area contributed by atoms with Gasteiger partial charge in [-0.15, -0.1) is 0 Å².